The van der Waals surface area contributed by atoms with Gasteiger partial charge in [-0.15, -0.1) is 0 Å². The molecule has 37 heavy (non-hydrogen) atoms. The van der Waals surface area contributed by atoms with Gasteiger partial charge in [-0.2, -0.15) is 0 Å². The highest BCUT2D eigenvalue weighted by molar-refractivity contribution is 5.87. The molecule has 0 radical (unpaired) electrons. The molecule has 0 bridgehead atoms. The molecule has 2 aliphatic heterocycles. The standard InChI is InChI=1S/C29H47NO7/c1-9-23-17-29(7,34-8)28(33)26(37-23)14-11-18(2)10-13-25-19(3)16-24(21(5)36-25)30-27(32)15-12-20(4)35-22(6)31/h10-12,14-15,19-21,23-26,28,33H,9,13,16-17H2,1-8H3,(H,30,32)/b14-11+,15-12-,18-10+/t19?,20?,21?,23-,24?,25?,26?,28-,29+/m1/s1. The predicted molar refractivity (Wildman–Crippen MR) is 143 cm³/mol. The lowest BCUT2D eigenvalue weighted by molar-refractivity contribution is -0.206. The molecule has 2 heterocycles. The van der Waals surface area contributed by atoms with E-state index < -0.39 is 23.9 Å². The van der Waals surface area contributed by atoms with Crippen LogP contribution in [0.1, 0.15) is 74.1 Å². The van der Waals surface area contributed by atoms with Gasteiger partial charge < -0.3 is 29.4 Å². The van der Waals surface area contributed by atoms with Crippen molar-refractivity contribution in [2.75, 3.05) is 7.11 Å². The van der Waals surface area contributed by atoms with Crippen molar-refractivity contribution in [3.8, 4) is 0 Å². The van der Waals surface area contributed by atoms with E-state index in [-0.39, 0.29) is 42.1 Å². The summed E-state index contributed by atoms with van der Waals surface area (Å²) in [5.41, 5.74) is 0.439. The fraction of sp³-hybridized carbons (Fsp3) is 0.724. The maximum Gasteiger partial charge on any atom is 0.303 e. The summed E-state index contributed by atoms with van der Waals surface area (Å²) in [6.07, 6.45) is 10.5. The number of aliphatic hydroxyl groups excluding tert-OH is 1. The summed E-state index contributed by atoms with van der Waals surface area (Å²) in [4.78, 5) is 23.3. The minimum atomic E-state index is -0.737. The molecule has 2 fully saturated rings. The normalized spacial score (nSPS) is 36.0. The number of hydrogen-bond donors (Lipinski definition) is 2. The molecule has 2 saturated heterocycles. The molecule has 8 heteroatoms. The van der Waals surface area contributed by atoms with E-state index in [2.05, 4.69) is 25.2 Å². The molecule has 2 rings (SSSR count). The molecule has 0 aromatic carbocycles. The second kappa shape index (κ2) is 14.2. The Labute approximate surface area is 222 Å². The number of hydrogen-bond acceptors (Lipinski definition) is 7. The van der Waals surface area contributed by atoms with E-state index in [0.29, 0.717) is 6.42 Å². The first-order valence-electron chi connectivity index (χ1n) is 13.4. The van der Waals surface area contributed by atoms with Gasteiger partial charge in [0, 0.05) is 26.5 Å². The molecule has 210 valence electrons. The summed E-state index contributed by atoms with van der Waals surface area (Å²) in [5, 5.41) is 13.8. The van der Waals surface area contributed by atoms with Gasteiger partial charge in [-0.3, -0.25) is 9.59 Å². The first-order chi connectivity index (χ1) is 17.4. The molecule has 2 aliphatic rings. The van der Waals surface area contributed by atoms with E-state index in [1.807, 2.05) is 32.9 Å². The number of aliphatic hydroxyl groups is 1. The third-order valence-electron chi connectivity index (χ3n) is 7.48. The summed E-state index contributed by atoms with van der Waals surface area (Å²) in [7, 11) is 1.64. The van der Waals surface area contributed by atoms with Gasteiger partial charge in [0.1, 0.15) is 18.3 Å². The lowest BCUT2D eigenvalue weighted by Crippen LogP contribution is -2.55. The van der Waals surface area contributed by atoms with Crippen molar-refractivity contribution < 1.29 is 33.6 Å². The highest BCUT2D eigenvalue weighted by atomic mass is 16.5. The average Bonchev–Trinajstić information content (AvgIpc) is 2.84. The van der Waals surface area contributed by atoms with E-state index in [1.54, 1.807) is 20.1 Å². The second-order valence-corrected chi connectivity index (χ2v) is 10.7. The van der Waals surface area contributed by atoms with Crippen molar-refractivity contribution >= 4 is 11.9 Å². The molecule has 6 unspecified atom stereocenters. The SMILES string of the molecule is CC[C@@H]1C[C@](C)(OC)[C@H](O)C(/C=C/C(C)=C/CC2OC(C)C(NC(=O)/C=C\C(C)OC(C)=O)CC2C)O1. The summed E-state index contributed by atoms with van der Waals surface area (Å²) in [6.45, 7) is 13.2. The van der Waals surface area contributed by atoms with Crippen molar-refractivity contribution in [1.82, 2.24) is 5.32 Å². The maximum atomic E-state index is 12.3. The molecule has 0 saturated carbocycles. The van der Waals surface area contributed by atoms with Gasteiger partial charge in [0.25, 0.3) is 0 Å². The molecule has 1 amide bonds. The predicted octanol–water partition coefficient (Wildman–Crippen LogP) is 4.02. The number of carbonyl (C=O) groups excluding carboxylic acids is 2. The molecule has 8 nitrogen and oxygen atoms in total. The Morgan fingerprint density at radius 1 is 1.22 bits per heavy atom. The smallest absolute Gasteiger partial charge is 0.303 e. The highest BCUT2D eigenvalue weighted by Gasteiger charge is 2.45. The van der Waals surface area contributed by atoms with E-state index in [4.69, 9.17) is 18.9 Å². The van der Waals surface area contributed by atoms with Crippen LogP contribution in [0, 0.1) is 5.92 Å². The van der Waals surface area contributed by atoms with Crippen molar-refractivity contribution in [3.63, 3.8) is 0 Å². The zero-order valence-corrected chi connectivity index (χ0v) is 23.7. The van der Waals surface area contributed by atoms with Crippen molar-refractivity contribution in [1.29, 1.82) is 0 Å². The maximum absolute atomic E-state index is 12.3. The van der Waals surface area contributed by atoms with Gasteiger partial charge in [0.15, 0.2) is 0 Å². The molecule has 0 aliphatic carbocycles. The van der Waals surface area contributed by atoms with Crippen LogP contribution in [0.3, 0.4) is 0 Å². The lowest BCUT2D eigenvalue weighted by atomic mass is 9.84. The fourth-order valence-corrected chi connectivity index (χ4v) is 4.94. The Bertz CT molecular complexity index is 853. The highest BCUT2D eigenvalue weighted by Crippen LogP contribution is 2.34. The summed E-state index contributed by atoms with van der Waals surface area (Å²) < 4.78 is 23.0. The lowest BCUT2D eigenvalue weighted by Gasteiger charge is -2.44. The number of methoxy groups -OCH3 is 1. The van der Waals surface area contributed by atoms with Crippen molar-refractivity contribution in [2.45, 2.75) is 122 Å². The molecule has 0 aromatic heterocycles. The zero-order chi connectivity index (χ0) is 27.8. The summed E-state index contributed by atoms with van der Waals surface area (Å²) in [5.74, 6) is -0.353. The van der Waals surface area contributed by atoms with E-state index >= 15 is 0 Å². The van der Waals surface area contributed by atoms with Crippen LogP contribution in [-0.2, 0) is 28.5 Å². The van der Waals surface area contributed by atoms with Gasteiger partial charge in [-0.05, 0) is 59.0 Å². The van der Waals surface area contributed by atoms with Crippen LogP contribution in [0.4, 0.5) is 0 Å². The van der Waals surface area contributed by atoms with Crippen LogP contribution in [-0.4, -0.2) is 72.4 Å². The Hall–Kier alpha value is -2.00. The number of ether oxygens (including phenoxy) is 4. The molecular formula is C29H47NO7. The summed E-state index contributed by atoms with van der Waals surface area (Å²) in [6, 6.07) is -0.0936. The minimum absolute atomic E-state index is 0.0452. The fourth-order valence-electron chi connectivity index (χ4n) is 4.94. The van der Waals surface area contributed by atoms with Gasteiger partial charge >= 0.3 is 5.97 Å². The number of carbonyl (C=O) groups is 2. The topological polar surface area (TPSA) is 103 Å². The van der Waals surface area contributed by atoms with E-state index in [9.17, 15) is 14.7 Å². The van der Waals surface area contributed by atoms with Gasteiger partial charge in [0.05, 0.1) is 30.0 Å². The average molecular weight is 522 g/mol. The monoisotopic (exact) mass is 521 g/mol. The Balaban J connectivity index is 1.90. The Kier molecular flexibility index (Phi) is 12.0. The van der Waals surface area contributed by atoms with E-state index in [0.717, 1.165) is 24.8 Å². The molecule has 2 N–H and O–H groups in total. The second-order valence-electron chi connectivity index (χ2n) is 10.7. The van der Waals surface area contributed by atoms with Crippen LogP contribution >= 0.6 is 0 Å². The number of rotatable bonds is 10. The third-order valence-corrected chi connectivity index (χ3v) is 7.48. The Morgan fingerprint density at radius 3 is 2.54 bits per heavy atom. The van der Waals surface area contributed by atoms with Crippen LogP contribution in [0.25, 0.3) is 0 Å². The number of nitrogens with one attached hydrogen (secondary N) is 1. The van der Waals surface area contributed by atoms with E-state index in [1.165, 1.54) is 13.0 Å². The molecule has 0 aromatic rings. The first-order valence-corrected chi connectivity index (χ1v) is 13.4. The third kappa shape index (κ3) is 9.36. The van der Waals surface area contributed by atoms with Gasteiger partial charge in [-0.1, -0.05) is 37.6 Å². The molecule has 9 atom stereocenters. The van der Waals surface area contributed by atoms with Crippen LogP contribution in [0.15, 0.2) is 36.0 Å². The van der Waals surface area contributed by atoms with Crippen molar-refractivity contribution in [2.24, 2.45) is 5.92 Å². The first kappa shape index (κ1) is 31.2. The minimum Gasteiger partial charge on any atom is -0.459 e. The number of allylic oxidation sites excluding steroid dienone is 2. The van der Waals surface area contributed by atoms with Crippen LogP contribution < -0.4 is 5.32 Å². The van der Waals surface area contributed by atoms with Gasteiger partial charge in [-0.25, -0.2) is 0 Å². The van der Waals surface area contributed by atoms with Crippen LogP contribution in [0.2, 0.25) is 0 Å². The molecular weight excluding hydrogens is 474 g/mol. The van der Waals surface area contributed by atoms with Crippen molar-refractivity contribution in [3.05, 3.63) is 36.0 Å². The quantitative estimate of drug-likeness (QED) is 0.254. The van der Waals surface area contributed by atoms with Gasteiger partial charge in [0.2, 0.25) is 5.91 Å². The number of esters is 1. The van der Waals surface area contributed by atoms with Crippen LogP contribution in [0.5, 0.6) is 0 Å². The number of amides is 1. The zero-order valence-electron chi connectivity index (χ0n) is 23.7. The summed E-state index contributed by atoms with van der Waals surface area (Å²) >= 11 is 0. The molecule has 0 spiro atoms. The largest absolute Gasteiger partial charge is 0.459 e. The Morgan fingerprint density at radius 2 is 1.92 bits per heavy atom.